The predicted octanol–water partition coefficient (Wildman–Crippen LogP) is 7.67. The van der Waals surface area contributed by atoms with Gasteiger partial charge in [0.25, 0.3) is 5.56 Å². The molecule has 1 aliphatic rings. The molecule has 1 fully saturated rings. The van der Waals surface area contributed by atoms with Gasteiger partial charge in [0.1, 0.15) is 40.2 Å². The Labute approximate surface area is 261 Å². The van der Waals surface area contributed by atoms with Gasteiger partial charge in [0.05, 0.1) is 12.6 Å². The normalized spacial score (nSPS) is 14.6. The fourth-order valence-electron chi connectivity index (χ4n) is 5.75. The zero-order chi connectivity index (χ0) is 32.9. The Balaban J connectivity index is 1.45. The van der Waals surface area contributed by atoms with E-state index < -0.39 is 34.5 Å². The van der Waals surface area contributed by atoms with E-state index in [9.17, 15) is 13.6 Å². The van der Waals surface area contributed by atoms with Crippen LogP contribution in [0.15, 0.2) is 66.2 Å². The maximum Gasteiger partial charge on any atom is 0.256 e. The maximum absolute atomic E-state index is 15.3. The van der Waals surface area contributed by atoms with Crippen LogP contribution < -0.4 is 21.3 Å². The largest absolute Gasteiger partial charge is 0.493 e. The first kappa shape index (κ1) is 33.8. The maximum atomic E-state index is 15.3. The van der Waals surface area contributed by atoms with E-state index in [4.69, 9.17) is 15.2 Å². The van der Waals surface area contributed by atoms with Crippen LogP contribution in [-0.2, 0) is 4.74 Å². The molecule has 0 spiro atoms. The van der Waals surface area contributed by atoms with Crippen molar-refractivity contribution in [1.82, 2.24) is 9.88 Å². The Morgan fingerprint density at radius 2 is 1.62 bits per heavy atom. The third-order valence-electron chi connectivity index (χ3n) is 7.78. The molecule has 0 amide bonds. The molecule has 242 valence electrons. The van der Waals surface area contributed by atoms with Crippen LogP contribution in [-0.4, -0.2) is 29.4 Å². The number of aromatic nitrogens is 1. The van der Waals surface area contributed by atoms with E-state index in [0.717, 1.165) is 43.2 Å². The van der Waals surface area contributed by atoms with Crippen LogP contribution in [0.3, 0.4) is 0 Å². The van der Waals surface area contributed by atoms with Crippen LogP contribution in [0.25, 0.3) is 11.3 Å². The number of pyridine rings is 1. The lowest BCUT2D eigenvalue weighted by molar-refractivity contribution is 0.0307. The van der Waals surface area contributed by atoms with Gasteiger partial charge < -0.3 is 20.5 Å². The lowest BCUT2D eigenvalue weighted by Gasteiger charge is -2.35. The minimum atomic E-state index is -1.08. The topological polar surface area (TPSA) is 78.5 Å². The van der Waals surface area contributed by atoms with E-state index in [1.54, 1.807) is 0 Å². The van der Waals surface area contributed by atoms with Crippen molar-refractivity contribution in [2.45, 2.75) is 70.9 Å². The smallest absolute Gasteiger partial charge is 0.256 e. The molecule has 0 saturated heterocycles. The van der Waals surface area contributed by atoms with Crippen molar-refractivity contribution in [3.05, 3.63) is 106 Å². The summed E-state index contributed by atoms with van der Waals surface area (Å²) in [6.07, 6.45) is 6.32. The standard InChI is InChI=1S/C35H41F4N3O3/c1-21(26-13-12-24(36)18-28(26)37)27-14-15-31(43)42(34(27)40)33-29(38)19-25(20-30(33)39)44-17-9-16-41-32(22(2)45-35(3,4)5)23-10-7-6-8-11-23/h12-15,18-20,23,32,41H,1-2,6-11,16-17,40H2,3-5H3/t32-/m1/s1. The summed E-state index contributed by atoms with van der Waals surface area (Å²) in [5.74, 6) is -3.14. The van der Waals surface area contributed by atoms with E-state index in [0.29, 0.717) is 35.3 Å². The molecule has 0 bridgehead atoms. The molecule has 1 saturated carbocycles. The van der Waals surface area contributed by atoms with E-state index in [1.165, 1.54) is 25.3 Å². The molecule has 10 heteroatoms. The second-order valence-corrected chi connectivity index (χ2v) is 12.4. The minimum absolute atomic E-state index is 0.00568. The molecule has 0 radical (unpaired) electrons. The Hall–Kier alpha value is -4.05. The van der Waals surface area contributed by atoms with Gasteiger partial charge in [-0.25, -0.2) is 17.6 Å². The van der Waals surface area contributed by atoms with Crippen molar-refractivity contribution in [2.24, 2.45) is 5.92 Å². The Kier molecular flexibility index (Phi) is 10.8. The molecule has 0 aliphatic heterocycles. The van der Waals surface area contributed by atoms with Crippen LogP contribution in [0.5, 0.6) is 5.75 Å². The molecule has 0 unspecified atom stereocenters. The van der Waals surface area contributed by atoms with Gasteiger partial charge in [-0.3, -0.25) is 9.36 Å². The monoisotopic (exact) mass is 627 g/mol. The molecule has 2 aromatic carbocycles. The van der Waals surface area contributed by atoms with Crippen molar-refractivity contribution in [3.63, 3.8) is 0 Å². The molecule has 3 aromatic rings. The number of nitrogens with two attached hydrogens (primary N) is 1. The van der Waals surface area contributed by atoms with E-state index in [2.05, 4.69) is 18.5 Å². The van der Waals surface area contributed by atoms with Crippen LogP contribution in [0, 0.1) is 29.2 Å². The minimum Gasteiger partial charge on any atom is -0.493 e. The second-order valence-electron chi connectivity index (χ2n) is 12.4. The summed E-state index contributed by atoms with van der Waals surface area (Å²) < 4.78 is 70.9. The van der Waals surface area contributed by atoms with E-state index in [1.807, 2.05) is 20.8 Å². The number of benzene rings is 2. The number of nitrogens with zero attached hydrogens (tertiary/aromatic N) is 1. The molecular weight excluding hydrogens is 586 g/mol. The van der Waals surface area contributed by atoms with Gasteiger partial charge >= 0.3 is 0 Å². The summed E-state index contributed by atoms with van der Waals surface area (Å²) in [7, 11) is 0. The van der Waals surface area contributed by atoms with Gasteiger partial charge in [-0.05, 0) is 76.3 Å². The first-order valence-electron chi connectivity index (χ1n) is 15.2. The van der Waals surface area contributed by atoms with Gasteiger partial charge in [-0.1, -0.05) is 32.4 Å². The summed E-state index contributed by atoms with van der Waals surface area (Å²) in [5.41, 5.74) is 4.26. The van der Waals surface area contributed by atoms with Crippen LogP contribution in [0.4, 0.5) is 23.4 Å². The number of halogens is 4. The molecule has 4 rings (SSSR count). The first-order valence-corrected chi connectivity index (χ1v) is 15.2. The highest BCUT2D eigenvalue weighted by Crippen LogP contribution is 2.32. The molecule has 1 atom stereocenters. The number of rotatable bonds is 12. The summed E-state index contributed by atoms with van der Waals surface area (Å²) in [4.78, 5) is 12.7. The number of nitrogen functional groups attached to an aromatic ring is 1. The number of anilines is 1. The first-order chi connectivity index (χ1) is 21.3. The van der Waals surface area contributed by atoms with Gasteiger partial charge in [0, 0.05) is 35.4 Å². The Morgan fingerprint density at radius 3 is 2.24 bits per heavy atom. The van der Waals surface area contributed by atoms with Crippen LogP contribution in [0.1, 0.15) is 70.4 Å². The van der Waals surface area contributed by atoms with E-state index >= 15 is 8.78 Å². The quantitative estimate of drug-likeness (QED) is 0.122. The van der Waals surface area contributed by atoms with Crippen LogP contribution in [0.2, 0.25) is 0 Å². The highest BCUT2D eigenvalue weighted by Gasteiger charge is 2.29. The average molecular weight is 628 g/mol. The van der Waals surface area contributed by atoms with Crippen LogP contribution >= 0.6 is 0 Å². The number of hydrogen-bond acceptors (Lipinski definition) is 5. The summed E-state index contributed by atoms with van der Waals surface area (Å²) in [5, 5.41) is 3.54. The summed E-state index contributed by atoms with van der Waals surface area (Å²) in [6, 6.07) is 7.13. The van der Waals surface area contributed by atoms with Crippen molar-refractivity contribution in [3.8, 4) is 11.4 Å². The SMILES string of the molecule is C=C(c1ccc(F)cc1F)c1ccc(=O)n(-c2c(F)cc(OCCCN[C@H](C(=C)OC(C)(C)C)C3CCCCC3)cc2F)c1N. The molecule has 1 heterocycles. The lowest BCUT2D eigenvalue weighted by atomic mass is 9.83. The van der Waals surface area contributed by atoms with Gasteiger partial charge in [-0.15, -0.1) is 0 Å². The highest BCUT2D eigenvalue weighted by molar-refractivity contribution is 5.83. The molecule has 1 aromatic heterocycles. The van der Waals surface area contributed by atoms with Crippen molar-refractivity contribution in [2.75, 3.05) is 18.9 Å². The summed E-state index contributed by atoms with van der Waals surface area (Å²) >= 11 is 0. The number of ether oxygens (including phenoxy) is 2. The van der Waals surface area contributed by atoms with Gasteiger partial charge in [0.15, 0.2) is 11.6 Å². The average Bonchev–Trinajstić information content (AvgIpc) is 2.95. The Bertz CT molecular complexity index is 1580. The number of nitrogens with one attached hydrogen (secondary N) is 1. The Morgan fingerprint density at radius 1 is 0.978 bits per heavy atom. The fraction of sp³-hybridized carbons (Fsp3) is 0.400. The van der Waals surface area contributed by atoms with Crippen molar-refractivity contribution in [1.29, 1.82) is 0 Å². The zero-order valence-electron chi connectivity index (χ0n) is 26.0. The van der Waals surface area contributed by atoms with Crippen molar-refractivity contribution >= 4 is 11.4 Å². The highest BCUT2D eigenvalue weighted by atomic mass is 19.1. The van der Waals surface area contributed by atoms with E-state index in [-0.39, 0.29) is 46.5 Å². The van der Waals surface area contributed by atoms with Gasteiger partial charge in [0.2, 0.25) is 0 Å². The zero-order valence-corrected chi connectivity index (χ0v) is 26.0. The molecular formula is C35H41F4N3O3. The molecule has 6 nitrogen and oxygen atoms in total. The second kappa shape index (κ2) is 14.4. The lowest BCUT2D eigenvalue weighted by Crippen LogP contribution is -2.41. The predicted molar refractivity (Wildman–Crippen MR) is 169 cm³/mol. The van der Waals surface area contributed by atoms with Gasteiger partial charge in [-0.2, -0.15) is 0 Å². The third kappa shape index (κ3) is 8.36. The third-order valence-corrected chi connectivity index (χ3v) is 7.78. The molecule has 1 aliphatic carbocycles. The number of hydrogen-bond donors (Lipinski definition) is 2. The summed E-state index contributed by atoms with van der Waals surface area (Å²) in [6.45, 7) is 14.7. The molecule has 3 N–H and O–H groups in total. The van der Waals surface area contributed by atoms with Crippen molar-refractivity contribution < 1.29 is 27.0 Å². The molecule has 45 heavy (non-hydrogen) atoms. The fourth-order valence-corrected chi connectivity index (χ4v) is 5.75.